The van der Waals surface area contributed by atoms with Crippen LogP contribution in [0.3, 0.4) is 0 Å². The van der Waals surface area contributed by atoms with Crippen molar-refractivity contribution in [3.05, 3.63) is 29.8 Å². The normalized spacial score (nSPS) is 17.2. The number of methoxy groups -OCH3 is 1. The number of nitrogens with one attached hydrogen (secondary N) is 2. The number of anilines is 1. The second kappa shape index (κ2) is 10.0. The maximum Gasteiger partial charge on any atom is 0.319 e. The summed E-state index contributed by atoms with van der Waals surface area (Å²) in [5.41, 5.74) is 1.34. The lowest BCUT2D eigenvalue weighted by Crippen LogP contribution is -2.42. The molecule has 1 fully saturated rings. The SMILES string of the molecule is COCCCCNC(=O)Nc1ccc(C(=O)N2CCCC[C@H]2C)cc1. The Morgan fingerprint density at radius 1 is 1.20 bits per heavy atom. The molecular weight excluding hydrogens is 318 g/mol. The minimum atomic E-state index is -0.235. The molecule has 1 aliphatic heterocycles. The van der Waals surface area contributed by atoms with Crippen molar-refractivity contribution in [2.75, 3.05) is 32.1 Å². The first-order valence-electron chi connectivity index (χ1n) is 9.06. The molecule has 1 heterocycles. The number of hydrogen-bond acceptors (Lipinski definition) is 3. The second-order valence-electron chi connectivity index (χ2n) is 6.50. The number of urea groups is 1. The first kappa shape index (κ1) is 19.2. The monoisotopic (exact) mass is 347 g/mol. The van der Waals surface area contributed by atoms with Crippen molar-refractivity contribution in [2.45, 2.75) is 45.1 Å². The molecule has 1 aliphatic rings. The number of nitrogens with zero attached hydrogens (tertiary/aromatic N) is 1. The van der Waals surface area contributed by atoms with E-state index in [1.807, 2.05) is 4.90 Å². The number of piperidine rings is 1. The van der Waals surface area contributed by atoms with Gasteiger partial charge >= 0.3 is 6.03 Å². The number of likely N-dealkylation sites (tertiary alicyclic amines) is 1. The number of unbranched alkanes of at least 4 members (excludes halogenated alkanes) is 1. The van der Waals surface area contributed by atoms with Crippen molar-refractivity contribution in [1.82, 2.24) is 10.2 Å². The van der Waals surface area contributed by atoms with Crippen LogP contribution >= 0.6 is 0 Å². The fourth-order valence-corrected chi connectivity index (χ4v) is 3.01. The van der Waals surface area contributed by atoms with Crippen LogP contribution in [0.1, 0.15) is 49.4 Å². The molecule has 3 amide bonds. The Bertz CT molecular complexity index is 560. The molecule has 6 heteroatoms. The van der Waals surface area contributed by atoms with Gasteiger partial charge in [0.1, 0.15) is 0 Å². The third-order valence-electron chi connectivity index (χ3n) is 4.51. The Morgan fingerprint density at radius 2 is 1.96 bits per heavy atom. The maximum atomic E-state index is 12.6. The number of ether oxygens (including phenoxy) is 1. The van der Waals surface area contributed by atoms with Crippen molar-refractivity contribution in [2.24, 2.45) is 0 Å². The molecule has 1 atom stereocenters. The molecule has 25 heavy (non-hydrogen) atoms. The van der Waals surface area contributed by atoms with Crippen LogP contribution in [0.4, 0.5) is 10.5 Å². The van der Waals surface area contributed by atoms with E-state index in [4.69, 9.17) is 4.74 Å². The zero-order chi connectivity index (χ0) is 18.1. The van der Waals surface area contributed by atoms with E-state index in [2.05, 4.69) is 17.6 Å². The average molecular weight is 347 g/mol. The molecule has 0 aliphatic carbocycles. The van der Waals surface area contributed by atoms with Crippen LogP contribution in [0.2, 0.25) is 0 Å². The minimum absolute atomic E-state index is 0.0707. The van der Waals surface area contributed by atoms with Crippen LogP contribution < -0.4 is 10.6 Å². The molecule has 0 saturated carbocycles. The van der Waals surface area contributed by atoms with Gasteiger partial charge in [-0.2, -0.15) is 0 Å². The molecule has 0 unspecified atom stereocenters. The highest BCUT2D eigenvalue weighted by Crippen LogP contribution is 2.20. The lowest BCUT2D eigenvalue weighted by Gasteiger charge is -2.33. The van der Waals surface area contributed by atoms with E-state index in [1.54, 1.807) is 31.4 Å². The van der Waals surface area contributed by atoms with E-state index in [0.717, 1.165) is 32.2 Å². The Labute approximate surface area is 149 Å². The molecule has 138 valence electrons. The third-order valence-corrected chi connectivity index (χ3v) is 4.51. The van der Waals surface area contributed by atoms with E-state index in [1.165, 1.54) is 6.42 Å². The lowest BCUT2D eigenvalue weighted by molar-refractivity contribution is 0.0635. The van der Waals surface area contributed by atoms with Gasteiger partial charge in [0, 0.05) is 44.1 Å². The fourth-order valence-electron chi connectivity index (χ4n) is 3.01. The molecule has 2 N–H and O–H groups in total. The van der Waals surface area contributed by atoms with Crippen LogP contribution in [0.25, 0.3) is 0 Å². The molecule has 2 rings (SSSR count). The summed E-state index contributed by atoms with van der Waals surface area (Å²) in [5.74, 6) is 0.0707. The number of rotatable bonds is 7. The van der Waals surface area contributed by atoms with Gasteiger partial charge in [0.2, 0.25) is 0 Å². The number of carbonyl (C=O) groups is 2. The van der Waals surface area contributed by atoms with Gasteiger partial charge in [0.05, 0.1) is 0 Å². The summed E-state index contributed by atoms with van der Waals surface area (Å²) in [7, 11) is 1.67. The smallest absolute Gasteiger partial charge is 0.319 e. The summed E-state index contributed by atoms with van der Waals surface area (Å²) >= 11 is 0. The molecule has 0 radical (unpaired) electrons. The van der Waals surface area contributed by atoms with Crippen molar-refractivity contribution in [1.29, 1.82) is 0 Å². The van der Waals surface area contributed by atoms with Gasteiger partial charge in [-0.25, -0.2) is 4.79 Å². The highest BCUT2D eigenvalue weighted by molar-refractivity contribution is 5.95. The Morgan fingerprint density at radius 3 is 2.64 bits per heavy atom. The highest BCUT2D eigenvalue weighted by Gasteiger charge is 2.23. The van der Waals surface area contributed by atoms with E-state index >= 15 is 0 Å². The predicted octanol–water partition coefficient (Wildman–Crippen LogP) is 3.25. The molecular formula is C19H29N3O3. The lowest BCUT2D eigenvalue weighted by atomic mass is 10.0. The first-order chi connectivity index (χ1) is 12.1. The number of carbonyl (C=O) groups excluding carboxylic acids is 2. The molecule has 1 aromatic carbocycles. The molecule has 6 nitrogen and oxygen atoms in total. The quantitative estimate of drug-likeness (QED) is 0.744. The highest BCUT2D eigenvalue weighted by atomic mass is 16.5. The predicted molar refractivity (Wildman–Crippen MR) is 98.9 cm³/mol. The maximum absolute atomic E-state index is 12.6. The van der Waals surface area contributed by atoms with Gasteiger partial charge in [-0.15, -0.1) is 0 Å². The second-order valence-corrected chi connectivity index (χ2v) is 6.50. The van der Waals surface area contributed by atoms with Gasteiger partial charge < -0.3 is 20.3 Å². The number of amides is 3. The summed E-state index contributed by atoms with van der Waals surface area (Å²) in [6.45, 7) is 4.24. The zero-order valence-corrected chi connectivity index (χ0v) is 15.2. The summed E-state index contributed by atoms with van der Waals surface area (Å²) in [6.07, 6.45) is 5.12. The van der Waals surface area contributed by atoms with Crippen LogP contribution in [0, 0.1) is 0 Å². The van der Waals surface area contributed by atoms with Crippen molar-refractivity contribution >= 4 is 17.6 Å². The van der Waals surface area contributed by atoms with Crippen LogP contribution in [-0.2, 0) is 4.74 Å². The average Bonchev–Trinajstić information content (AvgIpc) is 2.62. The van der Waals surface area contributed by atoms with E-state index < -0.39 is 0 Å². The largest absolute Gasteiger partial charge is 0.385 e. The van der Waals surface area contributed by atoms with E-state index in [-0.39, 0.29) is 11.9 Å². The van der Waals surface area contributed by atoms with E-state index in [0.29, 0.717) is 30.4 Å². The standard InChI is InChI=1S/C19H29N3O3/c1-15-7-3-5-13-22(15)18(23)16-8-10-17(11-9-16)21-19(24)20-12-4-6-14-25-2/h8-11,15H,3-7,12-14H2,1-2H3,(H2,20,21,24)/t15-/m1/s1. The van der Waals surface area contributed by atoms with Gasteiger partial charge in [0.15, 0.2) is 0 Å². The fraction of sp³-hybridized carbons (Fsp3) is 0.579. The van der Waals surface area contributed by atoms with Gasteiger partial charge in [-0.05, 0) is 63.3 Å². The van der Waals surface area contributed by atoms with Crippen molar-refractivity contribution < 1.29 is 14.3 Å². The third kappa shape index (κ3) is 6.05. The molecule has 0 bridgehead atoms. The van der Waals surface area contributed by atoms with Crippen LogP contribution in [-0.4, -0.2) is 49.7 Å². The molecule has 0 aromatic heterocycles. The Balaban J connectivity index is 1.81. The van der Waals surface area contributed by atoms with Crippen molar-refractivity contribution in [3.8, 4) is 0 Å². The topological polar surface area (TPSA) is 70.7 Å². The summed E-state index contributed by atoms with van der Waals surface area (Å²) in [6, 6.07) is 7.15. The summed E-state index contributed by atoms with van der Waals surface area (Å²) in [5, 5.41) is 5.59. The van der Waals surface area contributed by atoms with Crippen LogP contribution in [0.5, 0.6) is 0 Å². The van der Waals surface area contributed by atoms with Crippen LogP contribution in [0.15, 0.2) is 24.3 Å². The number of benzene rings is 1. The summed E-state index contributed by atoms with van der Waals surface area (Å²) < 4.78 is 4.97. The van der Waals surface area contributed by atoms with E-state index in [9.17, 15) is 9.59 Å². The van der Waals surface area contributed by atoms with Gasteiger partial charge in [0.25, 0.3) is 5.91 Å². The van der Waals surface area contributed by atoms with Gasteiger partial charge in [-0.3, -0.25) is 4.79 Å². The number of hydrogen-bond donors (Lipinski definition) is 2. The Kier molecular flexibility index (Phi) is 7.73. The first-order valence-corrected chi connectivity index (χ1v) is 9.06. The minimum Gasteiger partial charge on any atom is -0.385 e. The van der Waals surface area contributed by atoms with Gasteiger partial charge in [-0.1, -0.05) is 0 Å². The zero-order valence-electron chi connectivity index (χ0n) is 15.2. The molecule has 0 spiro atoms. The van der Waals surface area contributed by atoms with Crippen molar-refractivity contribution in [3.63, 3.8) is 0 Å². The molecule has 1 saturated heterocycles. The summed E-state index contributed by atoms with van der Waals surface area (Å²) in [4.78, 5) is 26.4. The molecule has 1 aromatic rings. The Hall–Kier alpha value is -2.08.